The third-order valence-electron chi connectivity index (χ3n) is 4.28. The number of hydrogen-bond acceptors (Lipinski definition) is 7. The van der Waals surface area contributed by atoms with E-state index in [1.807, 2.05) is 0 Å². The Morgan fingerprint density at radius 2 is 2.00 bits per heavy atom. The van der Waals surface area contributed by atoms with Gasteiger partial charge in [-0.1, -0.05) is 6.07 Å². The maximum absolute atomic E-state index is 13.1. The summed E-state index contributed by atoms with van der Waals surface area (Å²) in [6.45, 7) is -0.455. The van der Waals surface area contributed by atoms with Crippen molar-refractivity contribution in [1.82, 2.24) is 5.32 Å². The Labute approximate surface area is 168 Å². The highest BCUT2D eigenvalue weighted by atomic mass is 32.2. The summed E-state index contributed by atoms with van der Waals surface area (Å²) in [5.74, 6) is -0.108. The lowest BCUT2D eigenvalue weighted by Crippen LogP contribution is -2.44. The predicted molar refractivity (Wildman–Crippen MR) is 107 cm³/mol. The van der Waals surface area contributed by atoms with Crippen LogP contribution in [0.25, 0.3) is 0 Å². The molecule has 1 atom stereocenters. The van der Waals surface area contributed by atoms with Crippen LogP contribution in [0.15, 0.2) is 46.0 Å². The summed E-state index contributed by atoms with van der Waals surface area (Å²) in [7, 11) is -5.60. The Hall–Kier alpha value is -2.11. The Balaban J connectivity index is 1.85. The minimum Gasteiger partial charge on any atom is -0.497 e. The number of benzene rings is 1. The van der Waals surface area contributed by atoms with E-state index in [0.717, 1.165) is 15.6 Å². The lowest BCUT2D eigenvalue weighted by Gasteiger charge is -2.24. The highest BCUT2D eigenvalue weighted by molar-refractivity contribution is 7.94. The van der Waals surface area contributed by atoms with E-state index in [1.54, 1.807) is 35.7 Å². The van der Waals surface area contributed by atoms with Gasteiger partial charge in [-0.25, -0.2) is 16.8 Å². The van der Waals surface area contributed by atoms with Gasteiger partial charge >= 0.3 is 0 Å². The van der Waals surface area contributed by atoms with Gasteiger partial charge in [0, 0.05) is 6.04 Å². The van der Waals surface area contributed by atoms with Gasteiger partial charge in [-0.05, 0) is 42.1 Å². The van der Waals surface area contributed by atoms with Gasteiger partial charge in [-0.3, -0.25) is 9.10 Å². The smallest absolute Gasteiger partial charge is 0.274 e. The molecule has 1 aliphatic heterocycles. The number of ether oxygens (including phenoxy) is 1. The number of carbonyl (C=O) groups is 1. The van der Waals surface area contributed by atoms with Crippen LogP contribution in [0.5, 0.6) is 5.75 Å². The first-order valence-corrected chi connectivity index (χ1v) is 12.6. The molecule has 11 heteroatoms. The van der Waals surface area contributed by atoms with Crippen LogP contribution in [0, 0.1) is 0 Å². The Morgan fingerprint density at radius 3 is 2.54 bits per heavy atom. The van der Waals surface area contributed by atoms with Crippen molar-refractivity contribution < 1.29 is 26.4 Å². The maximum atomic E-state index is 13.1. The van der Waals surface area contributed by atoms with Crippen molar-refractivity contribution >= 4 is 42.8 Å². The minimum atomic E-state index is -3.95. The van der Waals surface area contributed by atoms with Gasteiger partial charge in [-0.15, -0.1) is 11.3 Å². The van der Waals surface area contributed by atoms with Crippen LogP contribution in [0.3, 0.4) is 0 Å². The van der Waals surface area contributed by atoms with E-state index in [2.05, 4.69) is 5.32 Å². The molecule has 0 saturated carbocycles. The fourth-order valence-electron chi connectivity index (χ4n) is 2.89. The van der Waals surface area contributed by atoms with Gasteiger partial charge in [0.25, 0.3) is 10.0 Å². The highest BCUT2D eigenvalue weighted by Gasteiger charge is 2.32. The molecular formula is C17H20N2O6S3. The van der Waals surface area contributed by atoms with E-state index in [4.69, 9.17) is 4.74 Å². The van der Waals surface area contributed by atoms with E-state index < -0.39 is 38.4 Å². The fourth-order valence-corrected chi connectivity index (χ4v) is 7.09. The molecule has 2 aromatic rings. The molecule has 1 aromatic heterocycles. The van der Waals surface area contributed by atoms with Crippen LogP contribution >= 0.6 is 11.3 Å². The van der Waals surface area contributed by atoms with Crippen LogP contribution in [0.4, 0.5) is 5.69 Å². The number of methoxy groups -OCH3 is 1. The molecular weight excluding hydrogens is 424 g/mol. The van der Waals surface area contributed by atoms with Crippen molar-refractivity contribution in [1.29, 1.82) is 0 Å². The Morgan fingerprint density at radius 1 is 1.29 bits per heavy atom. The number of hydrogen-bond donors (Lipinski definition) is 1. The van der Waals surface area contributed by atoms with Crippen molar-refractivity contribution in [2.75, 3.05) is 29.5 Å². The van der Waals surface area contributed by atoms with Crippen molar-refractivity contribution in [3.8, 4) is 5.75 Å². The number of carbonyl (C=O) groups excluding carboxylic acids is 1. The zero-order valence-corrected chi connectivity index (χ0v) is 17.5. The second-order valence-electron chi connectivity index (χ2n) is 6.31. The summed E-state index contributed by atoms with van der Waals surface area (Å²) in [6.07, 6.45) is 0.328. The van der Waals surface area contributed by atoms with Crippen LogP contribution in [0.1, 0.15) is 6.42 Å². The number of anilines is 1. The molecule has 1 N–H and O–H groups in total. The summed E-state index contributed by atoms with van der Waals surface area (Å²) in [6, 6.07) is 8.90. The van der Waals surface area contributed by atoms with E-state index in [0.29, 0.717) is 17.9 Å². The number of sulfone groups is 1. The van der Waals surface area contributed by atoms with Crippen molar-refractivity contribution in [3.05, 3.63) is 41.8 Å². The lowest BCUT2D eigenvalue weighted by molar-refractivity contribution is -0.120. The molecule has 1 amide bonds. The molecule has 1 aliphatic rings. The van der Waals surface area contributed by atoms with Crippen LogP contribution in [-0.4, -0.2) is 53.9 Å². The predicted octanol–water partition coefficient (Wildman–Crippen LogP) is 1.26. The highest BCUT2D eigenvalue weighted by Crippen LogP contribution is 2.28. The first kappa shape index (κ1) is 20.6. The molecule has 0 unspecified atom stereocenters. The molecule has 152 valence electrons. The average molecular weight is 445 g/mol. The molecule has 28 heavy (non-hydrogen) atoms. The molecule has 1 saturated heterocycles. The molecule has 0 bridgehead atoms. The summed E-state index contributed by atoms with van der Waals surface area (Å²) < 4.78 is 55.5. The van der Waals surface area contributed by atoms with Gasteiger partial charge in [0.15, 0.2) is 9.84 Å². The number of sulfonamides is 1. The molecule has 3 rings (SSSR count). The van der Waals surface area contributed by atoms with Crippen molar-refractivity contribution in [2.45, 2.75) is 16.7 Å². The maximum Gasteiger partial charge on any atom is 0.274 e. The van der Waals surface area contributed by atoms with E-state index in [-0.39, 0.29) is 15.7 Å². The number of nitrogens with zero attached hydrogens (tertiary/aromatic N) is 1. The third-order valence-corrected chi connectivity index (χ3v) is 9.20. The van der Waals surface area contributed by atoms with Gasteiger partial charge in [0.1, 0.15) is 16.5 Å². The molecule has 1 aromatic carbocycles. The average Bonchev–Trinajstić information content (AvgIpc) is 3.30. The second-order valence-corrected chi connectivity index (χ2v) is 11.6. The quantitative estimate of drug-likeness (QED) is 0.688. The summed E-state index contributed by atoms with van der Waals surface area (Å²) in [5, 5.41) is 4.27. The normalized spacial score (nSPS) is 18.5. The molecule has 1 fully saturated rings. The molecule has 0 aliphatic carbocycles. The molecule has 0 spiro atoms. The number of rotatable bonds is 7. The summed E-state index contributed by atoms with van der Waals surface area (Å²) in [5.41, 5.74) is 0.309. The number of thiophene rings is 1. The minimum absolute atomic E-state index is 0.0215. The van der Waals surface area contributed by atoms with Crippen molar-refractivity contribution in [2.24, 2.45) is 0 Å². The number of amides is 1. The van der Waals surface area contributed by atoms with E-state index >= 15 is 0 Å². The molecule has 0 radical (unpaired) electrons. The SMILES string of the molecule is COc1ccc(N(CC(=O)N[C@H]2CCS(=O)(=O)C2)S(=O)(=O)c2cccs2)cc1. The fraction of sp³-hybridized carbons (Fsp3) is 0.353. The third kappa shape index (κ3) is 4.65. The molecule has 8 nitrogen and oxygen atoms in total. The monoisotopic (exact) mass is 444 g/mol. The molecule has 2 heterocycles. The Kier molecular flexibility index (Phi) is 5.96. The zero-order chi connectivity index (χ0) is 20.4. The van der Waals surface area contributed by atoms with Crippen LogP contribution in [0.2, 0.25) is 0 Å². The van der Waals surface area contributed by atoms with E-state index in [9.17, 15) is 21.6 Å². The summed E-state index contributed by atoms with van der Waals surface area (Å²) >= 11 is 1.05. The van der Waals surface area contributed by atoms with Crippen molar-refractivity contribution in [3.63, 3.8) is 0 Å². The van der Waals surface area contributed by atoms with Gasteiger partial charge in [0.05, 0.1) is 24.3 Å². The van der Waals surface area contributed by atoms with Gasteiger partial charge < -0.3 is 10.1 Å². The van der Waals surface area contributed by atoms with Gasteiger partial charge in [-0.2, -0.15) is 0 Å². The lowest BCUT2D eigenvalue weighted by atomic mass is 10.2. The van der Waals surface area contributed by atoms with E-state index in [1.165, 1.54) is 13.2 Å². The standard InChI is InChI=1S/C17H20N2O6S3/c1-25-15-6-4-14(5-7-15)19(28(23,24)17-3-2-9-26-17)11-16(20)18-13-8-10-27(21,22)12-13/h2-7,9,13H,8,10-12H2,1H3,(H,18,20)/t13-/m0/s1. The number of nitrogens with one attached hydrogen (secondary N) is 1. The van der Waals surface area contributed by atoms with Crippen LogP contribution < -0.4 is 14.4 Å². The summed E-state index contributed by atoms with van der Waals surface area (Å²) in [4.78, 5) is 12.5. The largest absolute Gasteiger partial charge is 0.497 e. The zero-order valence-electron chi connectivity index (χ0n) is 15.1. The Bertz CT molecular complexity index is 1030. The first-order valence-electron chi connectivity index (χ1n) is 8.41. The second kappa shape index (κ2) is 8.10. The topological polar surface area (TPSA) is 110 Å². The van der Waals surface area contributed by atoms with Gasteiger partial charge in [0.2, 0.25) is 5.91 Å². The van der Waals surface area contributed by atoms with Crippen LogP contribution in [-0.2, 0) is 24.7 Å². The first-order chi connectivity index (χ1) is 13.2.